The van der Waals surface area contributed by atoms with Crippen molar-refractivity contribution in [3.05, 3.63) is 273 Å². The molecule has 2 aromatic heterocycles. The highest BCUT2D eigenvalue weighted by Crippen LogP contribution is 2.43. The summed E-state index contributed by atoms with van der Waals surface area (Å²) in [7, 11) is 0. The van der Waals surface area contributed by atoms with Gasteiger partial charge in [-0.05, 0) is 129 Å². The third-order valence-corrected chi connectivity index (χ3v) is 13.7. The smallest absolute Gasteiger partial charge is 0.0547 e. The standard InChI is InChI=1S/C66H45N3/c1-4-16-46(17-5-1)47-30-32-48(33-31-47)49-34-40-54(41-35-49)67(55-42-36-50(37-43-55)57-24-14-28-63-65(57)59-22-10-12-26-61(59)68(63)52-18-6-2-7-19-52)56-44-38-51(39-45-56)58-25-15-29-64-66(58)60-23-11-13-27-62(60)69(64)53-20-8-3-9-21-53/h1-45H. The van der Waals surface area contributed by atoms with E-state index in [1.807, 2.05) is 0 Å². The first-order valence-corrected chi connectivity index (χ1v) is 23.7. The predicted molar refractivity (Wildman–Crippen MR) is 292 cm³/mol. The molecule has 324 valence electrons. The Morgan fingerprint density at radius 3 is 0.928 bits per heavy atom. The third kappa shape index (κ3) is 6.99. The van der Waals surface area contributed by atoms with Crippen LogP contribution in [0, 0.1) is 0 Å². The summed E-state index contributed by atoms with van der Waals surface area (Å²) in [5.74, 6) is 0. The van der Waals surface area contributed by atoms with Crippen molar-refractivity contribution in [1.82, 2.24) is 9.13 Å². The molecule has 3 nitrogen and oxygen atoms in total. The van der Waals surface area contributed by atoms with Crippen molar-refractivity contribution in [2.45, 2.75) is 0 Å². The topological polar surface area (TPSA) is 13.1 Å². The lowest BCUT2D eigenvalue weighted by molar-refractivity contribution is 1.18. The van der Waals surface area contributed by atoms with E-state index < -0.39 is 0 Å². The molecule has 0 atom stereocenters. The van der Waals surface area contributed by atoms with Crippen molar-refractivity contribution < 1.29 is 0 Å². The summed E-state index contributed by atoms with van der Waals surface area (Å²) in [5.41, 5.74) is 19.9. The maximum atomic E-state index is 2.39. The van der Waals surface area contributed by atoms with E-state index in [9.17, 15) is 0 Å². The van der Waals surface area contributed by atoms with Gasteiger partial charge in [0.05, 0.1) is 22.1 Å². The number of nitrogens with zero attached hydrogens (tertiary/aromatic N) is 3. The van der Waals surface area contributed by atoms with Crippen molar-refractivity contribution in [1.29, 1.82) is 0 Å². The summed E-state index contributed by atoms with van der Waals surface area (Å²) in [5, 5.41) is 5.00. The Bertz CT molecular complexity index is 3740. The van der Waals surface area contributed by atoms with Gasteiger partial charge >= 0.3 is 0 Å². The van der Waals surface area contributed by atoms with Crippen LogP contribution in [0.25, 0.3) is 99.5 Å². The zero-order valence-corrected chi connectivity index (χ0v) is 37.8. The van der Waals surface area contributed by atoms with Crippen LogP contribution in [0.15, 0.2) is 273 Å². The first-order valence-electron chi connectivity index (χ1n) is 23.7. The Balaban J connectivity index is 0.907. The van der Waals surface area contributed by atoms with Gasteiger partial charge < -0.3 is 14.0 Å². The maximum absolute atomic E-state index is 2.39. The number of fused-ring (bicyclic) bond motifs is 6. The second-order valence-electron chi connectivity index (χ2n) is 17.7. The first-order chi connectivity index (χ1) is 34.2. The highest BCUT2D eigenvalue weighted by atomic mass is 15.1. The SMILES string of the molecule is c1ccc(-c2ccc(-c3ccc(N(c4ccc(-c5cccc6c5c5ccccc5n6-c5ccccc5)cc4)c4ccc(-c5cccc6c5c5ccccc5n6-c5ccccc5)cc4)cc3)cc2)cc1. The molecule has 3 heteroatoms. The normalized spacial score (nSPS) is 11.5. The highest BCUT2D eigenvalue weighted by Gasteiger charge is 2.20. The van der Waals surface area contributed by atoms with Gasteiger partial charge in [-0.1, -0.05) is 188 Å². The molecule has 0 saturated carbocycles. The fraction of sp³-hybridized carbons (Fsp3) is 0. The molecule has 0 aliphatic carbocycles. The molecular weight excluding hydrogens is 835 g/mol. The van der Waals surface area contributed by atoms with Gasteiger partial charge in [-0.3, -0.25) is 0 Å². The lowest BCUT2D eigenvalue weighted by Crippen LogP contribution is -2.09. The van der Waals surface area contributed by atoms with E-state index in [4.69, 9.17) is 0 Å². The number of rotatable bonds is 9. The third-order valence-electron chi connectivity index (χ3n) is 13.7. The monoisotopic (exact) mass is 879 g/mol. The largest absolute Gasteiger partial charge is 0.311 e. The molecule has 0 amide bonds. The summed E-state index contributed by atoms with van der Waals surface area (Å²) in [6.07, 6.45) is 0. The van der Waals surface area contributed by atoms with Crippen LogP contribution in [0.5, 0.6) is 0 Å². The van der Waals surface area contributed by atoms with E-state index in [1.54, 1.807) is 0 Å². The molecule has 2 heterocycles. The Hall–Kier alpha value is -9.18. The maximum Gasteiger partial charge on any atom is 0.0547 e. The molecule has 0 unspecified atom stereocenters. The molecule has 13 aromatic rings. The molecule has 0 fully saturated rings. The van der Waals surface area contributed by atoms with Crippen LogP contribution < -0.4 is 4.90 Å². The minimum absolute atomic E-state index is 1.08. The quantitative estimate of drug-likeness (QED) is 0.141. The average molecular weight is 880 g/mol. The second kappa shape index (κ2) is 16.9. The van der Waals surface area contributed by atoms with Gasteiger partial charge in [0.1, 0.15) is 0 Å². The lowest BCUT2D eigenvalue weighted by atomic mass is 9.98. The molecule has 11 aromatic carbocycles. The van der Waals surface area contributed by atoms with Gasteiger partial charge in [0.25, 0.3) is 0 Å². The fourth-order valence-corrected chi connectivity index (χ4v) is 10.5. The lowest BCUT2D eigenvalue weighted by Gasteiger charge is -2.26. The van der Waals surface area contributed by atoms with Crippen molar-refractivity contribution in [3.63, 3.8) is 0 Å². The van der Waals surface area contributed by atoms with Crippen LogP contribution in [0.2, 0.25) is 0 Å². The van der Waals surface area contributed by atoms with E-state index in [-0.39, 0.29) is 0 Å². The molecule has 69 heavy (non-hydrogen) atoms. The molecular formula is C66H45N3. The molecule has 0 spiro atoms. The van der Waals surface area contributed by atoms with Gasteiger partial charge in [-0.25, -0.2) is 0 Å². The number of benzene rings is 11. The minimum atomic E-state index is 1.08. The summed E-state index contributed by atoms with van der Waals surface area (Å²) in [6, 6.07) is 98.9. The first kappa shape index (κ1) is 40.1. The molecule has 13 rings (SSSR count). The summed E-state index contributed by atoms with van der Waals surface area (Å²) in [6.45, 7) is 0. The van der Waals surface area contributed by atoms with Crippen LogP contribution >= 0.6 is 0 Å². The molecule has 0 saturated heterocycles. The van der Waals surface area contributed by atoms with Gasteiger partial charge in [0, 0.05) is 50.0 Å². The Morgan fingerprint density at radius 2 is 0.522 bits per heavy atom. The van der Waals surface area contributed by atoms with Gasteiger partial charge in [0.15, 0.2) is 0 Å². The predicted octanol–water partition coefficient (Wildman–Crippen LogP) is 18.0. The van der Waals surface area contributed by atoms with Crippen molar-refractivity contribution >= 4 is 60.7 Å². The van der Waals surface area contributed by atoms with E-state index >= 15 is 0 Å². The summed E-state index contributed by atoms with van der Waals surface area (Å²) < 4.78 is 4.77. The Labute approximate surface area is 401 Å². The van der Waals surface area contributed by atoms with Gasteiger partial charge in [-0.2, -0.15) is 0 Å². The number of para-hydroxylation sites is 4. The number of hydrogen-bond acceptors (Lipinski definition) is 1. The van der Waals surface area contributed by atoms with Gasteiger partial charge in [-0.15, -0.1) is 0 Å². The van der Waals surface area contributed by atoms with Crippen molar-refractivity contribution in [2.24, 2.45) is 0 Å². The highest BCUT2D eigenvalue weighted by molar-refractivity contribution is 6.17. The molecule has 0 bridgehead atoms. The number of hydrogen-bond donors (Lipinski definition) is 0. The molecule has 0 radical (unpaired) electrons. The van der Waals surface area contributed by atoms with E-state index in [0.717, 1.165) is 28.4 Å². The number of aromatic nitrogens is 2. The van der Waals surface area contributed by atoms with E-state index in [2.05, 4.69) is 287 Å². The number of anilines is 3. The average Bonchev–Trinajstić information content (AvgIpc) is 3.96. The molecule has 0 aliphatic heterocycles. The van der Waals surface area contributed by atoms with Crippen LogP contribution in [0.1, 0.15) is 0 Å². The second-order valence-corrected chi connectivity index (χ2v) is 17.7. The molecule has 0 aliphatic rings. The van der Waals surface area contributed by atoms with Crippen molar-refractivity contribution in [2.75, 3.05) is 4.90 Å². The van der Waals surface area contributed by atoms with Crippen LogP contribution in [0.4, 0.5) is 17.1 Å². The van der Waals surface area contributed by atoms with E-state index in [1.165, 1.54) is 88.1 Å². The van der Waals surface area contributed by atoms with Crippen LogP contribution in [-0.2, 0) is 0 Å². The molecule has 0 N–H and O–H groups in total. The Kier molecular flexibility index (Phi) is 9.84. The van der Waals surface area contributed by atoms with Crippen LogP contribution in [-0.4, -0.2) is 9.13 Å². The van der Waals surface area contributed by atoms with Crippen molar-refractivity contribution in [3.8, 4) is 55.9 Å². The fourth-order valence-electron chi connectivity index (χ4n) is 10.5. The zero-order valence-electron chi connectivity index (χ0n) is 37.8. The zero-order chi connectivity index (χ0) is 45.7. The summed E-state index contributed by atoms with van der Waals surface area (Å²) >= 11 is 0. The summed E-state index contributed by atoms with van der Waals surface area (Å²) in [4.78, 5) is 2.37. The van der Waals surface area contributed by atoms with E-state index in [0.29, 0.717) is 0 Å². The Morgan fingerprint density at radius 1 is 0.217 bits per heavy atom. The van der Waals surface area contributed by atoms with Gasteiger partial charge in [0.2, 0.25) is 0 Å². The van der Waals surface area contributed by atoms with Crippen LogP contribution in [0.3, 0.4) is 0 Å². The minimum Gasteiger partial charge on any atom is -0.311 e.